The molecule has 3 aliphatic heterocycles. The highest BCUT2D eigenvalue weighted by molar-refractivity contribution is 4.93. The van der Waals surface area contributed by atoms with Gasteiger partial charge in [0.25, 0.3) is 0 Å². The van der Waals surface area contributed by atoms with E-state index in [0.717, 1.165) is 23.9 Å². The molecule has 0 aromatic rings. The molecule has 0 aromatic carbocycles. The van der Waals surface area contributed by atoms with Crippen molar-refractivity contribution in [2.45, 2.75) is 58.0 Å². The zero-order valence-corrected chi connectivity index (χ0v) is 14.4. The van der Waals surface area contributed by atoms with Crippen LogP contribution in [-0.2, 0) is 0 Å². The molecule has 2 unspecified atom stereocenters. The summed E-state index contributed by atoms with van der Waals surface area (Å²) < 4.78 is 0. The van der Waals surface area contributed by atoms with Gasteiger partial charge in [-0.05, 0) is 77.2 Å². The van der Waals surface area contributed by atoms with Crippen molar-refractivity contribution in [3.63, 3.8) is 0 Å². The Bertz CT molecular complexity index is 322. The minimum atomic E-state index is 0.795. The summed E-state index contributed by atoms with van der Waals surface area (Å²) in [6.07, 6.45) is 7.15. The smallest absolute Gasteiger partial charge is 0.0246 e. The minimum Gasteiger partial charge on any atom is -0.306 e. The van der Waals surface area contributed by atoms with Crippen LogP contribution in [0.5, 0.6) is 0 Å². The van der Waals surface area contributed by atoms with E-state index in [1.807, 2.05) is 0 Å². The minimum absolute atomic E-state index is 0.795. The van der Waals surface area contributed by atoms with Gasteiger partial charge in [0.1, 0.15) is 0 Å². The topological polar surface area (TPSA) is 9.72 Å². The summed E-state index contributed by atoms with van der Waals surface area (Å²) in [7, 11) is 2.27. The average molecular weight is 293 g/mol. The Labute approximate surface area is 131 Å². The van der Waals surface area contributed by atoms with Gasteiger partial charge in [-0.1, -0.05) is 13.8 Å². The second-order valence-electron chi connectivity index (χ2n) is 8.13. The first-order valence-corrected chi connectivity index (χ1v) is 9.30. The van der Waals surface area contributed by atoms with E-state index < -0.39 is 0 Å². The van der Waals surface area contributed by atoms with E-state index in [0.29, 0.717) is 0 Å². The molecule has 3 nitrogen and oxygen atoms in total. The molecule has 3 fully saturated rings. The van der Waals surface area contributed by atoms with Crippen molar-refractivity contribution in [3.05, 3.63) is 0 Å². The van der Waals surface area contributed by atoms with Crippen molar-refractivity contribution in [3.8, 4) is 0 Å². The molecule has 0 radical (unpaired) electrons. The fraction of sp³-hybridized carbons (Fsp3) is 1.00. The van der Waals surface area contributed by atoms with Gasteiger partial charge in [0.05, 0.1) is 0 Å². The van der Waals surface area contributed by atoms with Gasteiger partial charge in [0.2, 0.25) is 0 Å². The van der Waals surface area contributed by atoms with Gasteiger partial charge in [-0.25, -0.2) is 0 Å². The van der Waals surface area contributed by atoms with Gasteiger partial charge < -0.3 is 4.90 Å². The van der Waals surface area contributed by atoms with Gasteiger partial charge in [0.15, 0.2) is 0 Å². The van der Waals surface area contributed by atoms with Gasteiger partial charge >= 0.3 is 0 Å². The van der Waals surface area contributed by atoms with Crippen LogP contribution in [0.1, 0.15) is 46.0 Å². The Hall–Kier alpha value is -0.120. The lowest BCUT2D eigenvalue weighted by Crippen LogP contribution is -2.58. The summed E-state index contributed by atoms with van der Waals surface area (Å²) >= 11 is 0. The molecular formula is C18H35N3. The molecular weight excluding hydrogens is 258 g/mol. The second-order valence-corrected chi connectivity index (χ2v) is 8.13. The summed E-state index contributed by atoms with van der Waals surface area (Å²) in [6, 6.07) is 1.67. The number of rotatable bonds is 4. The number of hydrogen-bond donors (Lipinski definition) is 0. The number of fused-ring (bicyclic) bond motifs is 1. The van der Waals surface area contributed by atoms with Crippen molar-refractivity contribution in [2.75, 3.05) is 46.3 Å². The molecule has 3 aliphatic rings. The summed E-state index contributed by atoms with van der Waals surface area (Å²) in [5.41, 5.74) is 0. The van der Waals surface area contributed by atoms with Crippen LogP contribution in [0, 0.1) is 11.8 Å². The summed E-state index contributed by atoms with van der Waals surface area (Å²) in [5.74, 6) is 1.78. The molecule has 0 amide bonds. The Morgan fingerprint density at radius 2 is 1.76 bits per heavy atom. The van der Waals surface area contributed by atoms with E-state index in [9.17, 15) is 0 Å². The Morgan fingerprint density at radius 3 is 2.48 bits per heavy atom. The monoisotopic (exact) mass is 293 g/mol. The maximum atomic E-state index is 2.86. The van der Waals surface area contributed by atoms with Crippen molar-refractivity contribution < 1.29 is 0 Å². The first kappa shape index (κ1) is 15.8. The maximum absolute atomic E-state index is 2.86. The normalized spacial score (nSPS) is 33.7. The molecule has 0 N–H and O–H groups in total. The SMILES string of the molecule is CC(C)C1CN2CCCC2CN1CCC1CCN(C)CC1. The molecule has 3 saturated heterocycles. The first-order valence-electron chi connectivity index (χ1n) is 9.30. The molecule has 0 aliphatic carbocycles. The van der Waals surface area contributed by atoms with Crippen molar-refractivity contribution in [1.82, 2.24) is 14.7 Å². The molecule has 3 heteroatoms. The number of piperidine rings is 1. The second kappa shape index (κ2) is 6.97. The molecule has 122 valence electrons. The first-order chi connectivity index (χ1) is 10.1. The Balaban J connectivity index is 1.52. The van der Waals surface area contributed by atoms with E-state index >= 15 is 0 Å². The highest BCUT2D eigenvalue weighted by atomic mass is 15.3. The summed E-state index contributed by atoms with van der Waals surface area (Å²) in [6.45, 7) is 12.8. The van der Waals surface area contributed by atoms with Gasteiger partial charge in [0, 0.05) is 25.2 Å². The van der Waals surface area contributed by atoms with E-state index in [1.54, 1.807) is 0 Å². The van der Waals surface area contributed by atoms with E-state index in [2.05, 4.69) is 35.6 Å². The lowest BCUT2D eigenvalue weighted by molar-refractivity contribution is 0.0239. The molecule has 0 spiro atoms. The molecule has 0 saturated carbocycles. The fourth-order valence-electron chi connectivity index (χ4n) is 4.69. The number of piperazine rings is 1. The zero-order chi connectivity index (χ0) is 14.8. The molecule has 0 bridgehead atoms. The molecule has 3 heterocycles. The predicted molar refractivity (Wildman–Crippen MR) is 89.6 cm³/mol. The zero-order valence-electron chi connectivity index (χ0n) is 14.4. The van der Waals surface area contributed by atoms with Gasteiger partial charge in [-0.15, -0.1) is 0 Å². The van der Waals surface area contributed by atoms with Crippen LogP contribution in [0.2, 0.25) is 0 Å². The fourth-order valence-corrected chi connectivity index (χ4v) is 4.69. The van der Waals surface area contributed by atoms with Crippen molar-refractivity contribution >= 4 is 0 Å². The summed E-state index contributed by atoms with van der Waals surface area (Å²) in [5, 5.41) is 0. The van der Waals surface area contributed by atoms with Crippen LogP contribution in [0.3, 0.4) is 0 Å². The predicted octanol–water partition coefficient (Wildman–Crippen LogP) is 2.52. The quantitative estimate of drug-likeness (QED) is 0.788. The highest BCUT2D eigenvalue weighted by Crippen LogP contribution is 2.29. The van der Waals surface area contributed by atoms with Crippen LogP contribution < -0.4 is 0 Å². The maximum Gasteiger partial charge on any atom is 0.0246 e. The number of likely N-dealkylation sites (tertiary alicyclic amines) is 1. The lowest BCUT2D eigenvalue weighted by Gasteiger charge is -2.46. The molecule has 2 atom stereocenters. The molecule has 21 heavy (non-hydrogen) atoms. The standard InChI is InChI=1S/C18H35N3/c1-15(2)18-14-20-9-4-5-17(20)13-21(18)12-8-16-6-10-19(3)11-7-16/h15-18H,4-14H2,1-3H3. The van der Waals surface area contributed by atoms with E-state index in [4.69, 9.17) is 0 Å². The van der Waals surface area contributed by atoms with Crippen LogP contribution in [0.25, 0.3) is 0 Å². The molecule has 3 rings (SSSR count). The van der Waals surface area contributed by atoms with E-state index in [-0.39, 0.29) is 0 Å². The third-order valence-electron chi connectivity index (χ3n) is 6.27. The summed E-state index contributed by atoms with van der Waals surface area (Å²) in [4.78, 5) is 8.12. The highest BCUT2D eigenvalue weighted by Gasteiger charge is 2.37. The van der Waals surface area contributed by atoms with Crippen LogP contribution in [0.15, 0.2) is 0 Å². The Morgan fingerprint density at radius 1 is 1.00 bits per heavy atom. The third kappa shape index (κ3) is 3.80. The van der Waals surface area contributed by atoms with E-state index in [1.165, 1.54) is 71.4 Å². The lowest BCUT2D eigenvalue weighted by atomic mass is 9.91. The van der Waals surface area contributed by atoms with Crippen LogP contribution in [-0.4, -0.2) is 73.1 Å². The Kier molecular flexibility index (Phi) is 5.23. The van der Waals surface area contributed by atoms with Crippen LogP contribution in [0.4, 0.5) is 0 Å². The number of nitrogens with zero attached hydrogens (tertiary/aromatic N) is 3. The third-order valence-corrected chi connectivity index (χ3v) is 6.27. The molecule has 0 aromatic heterocycles. The van der Waals surface area contributed by atoms with Gasteiger partial charge in [-0.3, -0.25) is 9.80 Å². The number of hydrogen-bond acceptors (Lipinski definition) is 3. The average Bonchev–Trinajstić information content (AvgIpc) is 2.92. The van der Waals surface area contributed by atoms with Crippen LogP contribution >= 0.6 is 0 Å². The van der Waals surface area contributed by atoms with Crippen molar-refractivity contribution in [2.24, 2.45) is 11.8 Å². The largest absolute Gasteiger partial charge is 0.306 e. The van der Waals surface area contributed by atoms with Gasteiger partial charge in [-0.2, -0.15) is 0 Å². The van der Waals surface area contributed by atoms with Crippen molar-refractivity contribution in [1.29, 1.82) is 0 Å².